The first-order valence-electron chi connectivity index (χ1n) is 13.2. The van der Waals surface area contributed by atoms with E-state index in [1.807, 2.05) is 26.0 Å². The number of aldehydes is 1. The van der Waals surface area contributed by atoms with Crippen LogP contribution in [0.2, 0.25) is 0 Å². The summed E-state index contributed by atoms with van der Waals surface area (Å²) in [6.07, 6.45) is 0.681. The summed E-state index contributed by atoms with van der Waals surface area (Å²) in [6, 6.07) is 20.5. The highest BCUT2D eigenvalue weighted by Gasteiger charge is 2.41. The molecule has 2 aliphatic heterocycles. The average molecular weight is 626 g/mol. The summed E-state index contributed by atoms with van der Waals surface area (Å²) in [5.74, 6) is 0.0467. The van der Waals surface area contributed by atoms with Crippen LogP contribution < -0.4 is 19.5 Å². The third-order valence-electron chi connectivity index (χ3n) is 7.56. The number of nitrogens with one attached hydrogen (secondary N) is 1. The molecular weight excluding hydrogens is 602 g/mol. The number of carbonyl (C=O) groups is 4. The molecule has 0 aliphatic carbocycles. The molecule has 2 heterocycles. The summed E-state index contributed by atoms with van der Waals surface area (Å²) in [7, 11) is 0. The Kier molecular flexibility index (Phi) is 6.90. The molecule has 1 N–H and O–H groups in total. The fraction of sp³-hybridized carbons (Fsp3) is 0.152. The lowest BCUT2D eigenvalue weighted by molar-refractivity contribution is -0.131. The van der Waals surface area contributed by atoms with Crippen LogP contribution in [-0.2, 0) is 23.2 Å². The maximum Gasteiger partial charge on any atom is 0.343 e. The molecule has 0 bridgehead atoms. The van der Waals surface area contributed by atoms with Crippen LogP contribution in [0, 0.1) is 0 Å². The second kappa shape index (κ2) is 10.6. The van der Waals surface area contributed by atoms with Crippen LogP contribution in [0.25, 0.3) is 0 Å². The monoisotopic (exact) mass is 625 g/mol. The lowest BCUT2D eigenvalue weighted by Crippen LogP contribution is -2.29. The molecule has 0 aromatic heterocycles. The number of ether oxygens (including phenoxy) is 3. The van der Waals surface area contributed by atoms with Gasteiger partial charge in [0.1, 0.15) is 17.2 Å². The molecular formula is C33H24BrNO7. The number of carbonyl (C=O) groups excluding carboxylic acids is 4. The first kappa shape index (κ1) is 27.4. The van der Waals surface area contributed by atoms with Crippen molar-refractivity contribution in [1.82, 2.24) is 5.32 Å². The molecule has 0 spiro atoms. The van der Waals surface area contributed by atoms with E-state index in [2.05, 4.69) is 21.2 Å². The highest BCUT2D eigenvalue weighted by molar-refractivity contribution is 9.10. The fourth-order valence-electron chi connectivity index (χ4n) is 5.35. The summed E-state index contributed by atoms with van der Waals surface area (Å²) in [4.78, 5) is 50.1. The number of fused-ring (bicyclic) bond motifs is 4. The van der Waals surface area contributed by atoms with Crippen molar-refractivity contribution < 1.29 is 33.4 Å². The van der Waals surface area contributed by atoms with E-state index in [1.54, 1.807) is 60.7 Å². The molecule has 6 rings (SSSR count). The number of halogens is 1. The Morgan fingerprint density at radius 3 is 2.48 bits per heavy atom. The van der Waals surface area contributed by atoms with E-state index in [0.29, 0.717) is 44.7 Å². The van der Waals surface area contributed by atoms with Crippen LogP contribution in [0.4, 0.5) is 0 Å². The molecule has 1 amide bonds. The molecule has 0 unspecified atom stereocenters. The molecule has 0 radical (unpaired) electrons. The second-order valence-corrected chi connectivity index (χ2v) is 11.3. The topological polar surface area (TPSA) is 108 Å². The van der Waals surface area contributed by atoms with Gasteiger partial charge in [-0.2, -0.15) is 0 Å². The number of hydrogen-bond acceptors (Lipinski definition) is 7. The van der Waals surface area contributed by atoms with Crippen molar-refractivity contribution in [2.24, 2.45) is 0 Å². The molecule has 9 heteroatoms. The average Bonchev–Trinajstić information content (AvgIpc) is 3.38. The van der Waals surface area contributed by atoms with Gasteiger partial charge in [0.15, 0.2) is 12.0 Å². The predicted molar refractivity (Wildman–Crippen MR) is 157 cm³/mol. The van der Waals surface area contributed by atoms with Crippen molar-refractivity contribution in [3.8, 4) is 23.0 Å². The van der Waals surface area contributed by atoms with Crippen molar-refractivity contribution in [2.75, 3.05) is 0 Å². The van der Waals surface area contributed by atoms with Crippen LogP contribution >= 0.6 is 15.9 Å². The molecule has 0 fully saturated rings. The van der Waals surface area contributed by atoms with Gasteiger partial charge in [-0.15, -0.1) is 0 Å². The van der Waals surface area contributed by atoms with E-state index in [1.165, 1.54) is 0 Å². The zero-order valence-corrected chi connectivity index (χ0v) is 24.2. The van der Waals surface area contributed by atoms with Gasteiger partial charge in [0.2, 0.25) is 0 Å². The minimum Gasteiger partial charge on any atom is -0.456 e. The number of rotatable bonds is 6. The van der Waals surface area contributed by atoms with Crippen molar-refractivity contribution >= 4 is 40.1 Å². The maximum absolute atomic E-state index is 13.2. The van der Waals surface area contributed by atoms with Gasteiger partial charge in [-0.05, 0) is 46.3 Å². The van der Waals surface area contributed by atoms with Crippen LogP contribution in [0.5, 0.6) is 23.0 Å². The zero-order chi connectivity index (χ0) is 29.6. The third kappa shape index (κ3) is 4.65. The molecule has 0 atom stereocenters. The number of hydrogen-bond donors (Lipinski definition) is 1. The highest BCUT2D eigenvalue weighted by Crippen LogP contribution is 2.55. The van der Waals surface area contributed by atoms with Crippen molar-refractivity contribution in [3.63, 3.8) is 0 Å². The number of benzene rings is 4. The Bertz CT molecular complexity index is 1800. The Balaban J connectivity index is 1.47. The van der Waals surface area contributed by atoms with Gasteiger partial charge in [-0.3, -0.25) is 14.4 Å². The normalized spacial score (nSPS) is 14.0. The summed E-state index contributed by atoms with van der Waals surface area (Å²) < 4.78 is 18.3. The Morgan fingerprint density at radius 2 is 1.71 bits per heavy atom. The minimum atomic E-state index is -0.600. The van der Waals surface area contributed by atoms with E-state index in [9.17, 15) is 19.2 Å². The number of amides is 1. The molecule has 210 valence electrons. The van der Waals surface area contributed by atoms with Crippen LogP contribution in [-0.4, -0.2) is 24.1 Å². The van der Waals surface area contributed by atoms with E-state index in [4.69, 9.17) is 14.2 Å². The zero-order valence-electron chi connectivity index (χ0n) is 22.7. The largest absolute Gasteiger partial charge is 0.456 e. The van der Waals surface area contributed by atoms with Gasteiger partial charge in [-0.1, -0.05) is 56.3 Å². The van der Waals surface area contributed by atoms with Gasteiger partial charge >= 0.3 is 11.9 Å². The molecule has 0 saturated heterocycles. The van der Waals surface area contributed by atoms with Crippen LogP contribution in [0.15, 0.2) is 77.3 Å². The standard InChI is InChI=1S/C33H24BrNO7/c1-33(2)23-12-13-26-21(14-27(37)40-26)28(23)41-29-22(16-35-31(38)20-11-7-6-10-19(20)17-36)30(25(34)15-24(29)33)42-32(39)18-8-4-3-5-9-18/h3-13,15,17H,14,16H2,1-2H3,(H,35,38). The first-order valence-corrected chi connectivity index (χ1v) is 14.0. The fourth-order valence-corrected chi connectivity index (χ4v) is 5.90. The first-order chi connectivity index (χ1) is 20.2. The smallest absolute Gasteiger partial charge is 0.343 e. The Morgan fingerprint density at radius 1 is 0.976 bits per heavy atom. The van der Waals surface area contributed by atoms with E-state index >= 15 is 0 Å². The third-order valence-corrected chi connectivity index (χ3v) is 8.15. The van der Waals surface area contributed by atoms with E-state index in [0.717, 1.165) is 11.1 Å². The Labute approximate surface area is 249 Å². The predicted octanol–water partition coefficient (Wildman–Crippen LogP) is 6.30. The Hall–Kier alpha value is -4.76. The SMILES string of the molecule is CC1(C)c2ccc3c(c2Oc2c1cc(Br)c(OC(=O)c1ccccc1)c2CNC(=O)c1ccccc1C=O)CC(=O)O3. The van der Waals surface area contributed by atoms with Gasteiger partial charge in [0.25, 0.3) is 5.91 Å². The molecule has 8 nitrogen and oxygen atoms in total. The lowest BCUT2D eigenvalue weighted by Gasteiger charge is -2.37. The van der Waals surface area contributed by atoms with Gasteiger partial charge < -0.3 is 19.5 Å². The summed E-state index contributed by atoms with van der Waals surface area (Å²) in [6.45, 7) is 3.96. The molecule has 42 heavy (non-hydrogen) atoms. The van der Waals surface area contributed by atoms with Gasteiger partial charge in [0, 0.05) is 33.2 Å². The quantitative estimate of drug-likeness (QED) is 0.152. The van der Waals surface area contributed by atoms with E-state index in [-0.39, 0.29) is 35.8 Å². The highest BCUT2D eigenvalue weighted by atomic mass is 79.9. The van der Waals surface area contributed by atoms with E-state index < -0.39 is 17.3 Å². The number of esters is 2. The van der Waals surface area contributed by atoms with Crippen molar-refractivity contribution in [1.29, 1.82) is 0 Å². The van der Waals surface area contributed by atoms with Crippen LogP contribution in [0.1, 0.15) is 67.2 Å². The van der Waals surface area contributed by atoms with Crippen LogP contribution in [0.3, 0.4) is 0 Å². The second-order valence-electron chi connectivity index (χ2n) is 10.5. The molecule has 0 saturated carbocycles. The lowest BCUT2D eigenvalue weighted by atomic mass is 9.74. The molecule has 4 aromatic carbocycles. The van der Waals surface area contributed by atoms with Crippen molar-refractivity contribution in [3.05, 3.63) is 116 Å². The van der Waals surface area contributed by atoms with Gasteiger partial charge in [0.05, 0.1) is 28.6 Å². The summed E-state index contributed by atoms with van der Waals surface area (Å²) >= 11 is 3.59. The summed E-state index contributed by atoms with van der Waals surface area (Å²) in [5, 5.41) is 2.86. The van der Waals surface area contributed by atoms with Crippen molar-refractivity contribution in [2.45, 2.75) is 32.2 Å². The maximum atomic E-state index is 13.2. The van der Waals surface area contributed by atoms with Gasteiger partial charge in [-0.25, -0.2) is 4.79 Å². The summed E-state index contributed by atoms with van der Waals surface area (Å²) in [5.41, 5.74) is 2.88. The molecule has 2 aliphatic rings. The minimum absolute atomic E-state index is 0.0604. The molecule has 4 aromatic rings.